The van der Waals surface area contributed by atoms with E-state index in [-0.39, 0.29) is 0 Å². The van der Waals surface area contributed by atoms with Crippen LogP contribution in [0.4, 0.5) is 0 Å². The van der Waals surface area contributed by atoms with Crippen LogP contribution in [0.2, 0.25) is 5.15 Å². The van der Waals surface area contributed by atoms with Crippen molar-refractivity contribution in [3.05, 3.63) is 83.2 Å². The number of aryl methyl sites for hydroxylation is 1. The van der Waals surface area contributed by atoms with E-state index in [1.165, 1.54) is 0 Å². The molecule has 0 aliphatic rings. The van der Waals surface area contributed by atoms with Crippen LogP contribution in [0, 0.1) is 0 Å². The van der Waals surface area contributed by atoms with Crippen molar-refractivity contribution < 1.29 is 4.52 Å². The zero-order valence-electron chi connectivity index (χ0n) is 15.8. The molecule has 2 aromatic carbocycles. The fourth-order valence-corrected chi connectivity index (χ4v) is 3.52. The molecule has 0 bridgehead atoms. The normalized spacial score (nSPS) is 11.4. The molecule has 0 amide bonds. The Bertz CT molecular complexity index is 1060. The lowest BCUT2D eigenvalue weighted by Crippen LogP contribution is -2.20. The second kappa shape index (κ2) is 8.55. The van der Waals surface area contributed by atoms with Crippen LogP contribution in [0.1, 0.15) is 17.7 Å². The number of benzene rings is 2. The maximum Gasteiger partial charge on any atom is 0.137 e. The van der Waals surface area contributed by atoms with Gasteiger partial charge in [0.15, 0.2) is 0 Å². The monoisotopic (exact) mass is 391 g/mol. The number of fused-ring (bicyclic) bond motifs is 1. The van der Waals surface area contributed by atoms with E-state index in [4.69, 9.17) is 16.1 Å². The Hall–Kier alpha value is -2.69. The summed E-state index contributed by atoms with van der Waals surface area (Å²) in [6.07, 6.45) is 1.84. The second-order valence-corrected chi connectivity index (χ2v) is 7.37. The predicted molar refractivity (Wildman–Crippen MR) is 113 cm³/mol. The second-order valence-electron chi connectivity index (χ2n) is 7.02. The first-order valence-electron chi connectivity index (χ1n) is 9.43. The van der Waals surface area contributed by atoms with Crippen molar-refractivity contribution in [1.29, 1.82) is 0 Å². The van der Waals surface area contributed by atoms with Crippen molar-refractivity contribution in [3.63, 3.8) is 0 Å². The van der Waals surface area contributed by atoms with Crippen molar-refractivity contribution in [2.24, 2.45) is 0 Å². The molecule has 0 radical (unpaired) electrons. The summed E-state index contributed by atoms with van der Waals surface area (Å²) in [7, 11) is 2.10. The number of halogens is 1. The maximum atomic E-state index is 6.38. The quantitative estimate of drug-likeness (QED) is 0.384. The van der Waals surface area contributed by atoms with E-state index in [1.807, 2.05) is 54.6 Å². The lowest BCUT2D eigenvalue weighted by molar-refractivity contribution is 0.312. The highest BCUT2D eigenvalue weighted by molar-refractivity contribution is 6.30. The summed E-state index contributed by atoms with van der Waals surface area (Å²) < 4.78 is 5.49. The fourth-order valence-electron chi connectivity index (χ4n) is 3.32. The standard InChI is InChI=1S/C23H22ClN3O/c1-27(16-19-14-18-10-5-6-12-21(18)25-23(19)24)13-7-11-20-15-22(26-28-20)17-8-3-2-4-9-17/h2-6,8-10,12,14-15H,7,11,13,16H2,1H3. The van der Waals surface area contributed by atoms with Crippen LogP contribution in [0.25, 0.3) is 22.2 Å². The Morgan fingerprint density at radius 2 is 1.79 bits per heavy atom. The van der Waals surface area contributed by atoms with Crippen LogP contribution >= 0.6 is 11.6 Å². The molecule has 0 saturated carbocycles. The van der Waals surface area contributed by atoms with Gasteiger partial charge in [0.1, 0.15) is 16.6 Å². The summed E-state index contributed by atoms with van der Waals surface area (Å²) in [5, 5.41) is 5.87. The summed E-state index contributed by atoms with van der Waals surface area (Å²) in [5.74, 6) is 0.914. The van der Waals surface area contributed by atoms with E-state index in [2.05, 4.69) is 34.2 Å². The molecule has 0 aliphatic heterocycles. The van der Waals surface area contributed by atoms with Gasteiger partial charge in [-0.3, -0.25) is 0 Å². The van der Waals surface area contributed by atoms with Gasteiger partial charge in [-0.15, -0.1) is 0 Å². The number of aromatic nitrogens is 2. The zero-order valence-corrected chi connectivity index (χ0v) is 16.6. The van der Waals surface area contributed by atoms with E-state index < -0.39 is 0 Å². The Balaban J connectivity index is 1.32. The van der Waals surface area contributed by atoms with Gasteiger partial charge in [-0.05, 0) is 32.1 Å². The fraction of sp³-hybridized carbons (Fsp3) is 0.217. The first-order chi connectivity index (χ1) is 13.7. The number of para-hydroxylation sites is 1. The molecule has 142 valence electrons. The van der Waals surface area contributed by atoms with Gasteiger partial charge in [-0.1, -0.05) is 65.3 Å². The van der Waals surface area contributed by atoms with E-state index in [0.29, 0.717) is 5.15 Å². The molecule has 0 atom stereocenters. The summed E-state index contributed by atoms with van der Waals surface area (Å²) in [5.41, 5.74) is 3.94. The minimum absolute atomic E-state index is 0.577. The summed E-state index contributed by atoms with van der Waals surface area (Å²) >= 11 is 6.38. The molecule has 0 aliphatic carbocycles. The molecule has 2 heterocycles. The molecular formula is C23H22ClN3O. The Labute approximate surface area is 169 Å². The lowest BCUT2D eigenvalue weighted by Gasteiger charge is -2.17. The van der Waals surface area contributed by atoms with Crippen molar-refractivity contribution in [2.75, 3.05) is 13.6 Å². The molecule has 0 fully saturated rings. The molecule has 4 rings (SSSR count). The van der Waals surface area contributed by atoms with E-state index >= 15 is 0 Å². The van der Waals surface area contributed by atoms with Gasteiger partial charge < -0.3 is 9.42 Å². The largest absolute Gasteiger partial charge is 0.361 e. The topological polar surface area (TPSA) is 42.2 Å². The number of hydrogen-bond acceptors (Lipinski definition) is 4. The number of hydrogen-bond donors (Lipinski definition) is 0. The van der Waals surface area contributed by atoms with Gasteiger partial charge >= 0.3 is 0 Å². The smallest absolute Gasteiger partial charge is 0.137 e. The highest BCUT2D eigenvalue weighted by atomic mass is 35.5. The molecule has 5 heteroatoms. The van der Waals surface area contributed by atoms with Gasteiger partial charge in [-0.2, -0.15) is 0 Å². The van der Waals surface area contributed by atoms with Crippen LogP contribution in [0.5, 0.6) is 0 Å². The number of nitrogens with zero attached hydrogens (tertiary/aromatic N) is 3. The maximum absolute atomic E-state index is 6.38. The molecule has 0 saturated heterocycles. The van der Waals surface area contributed by atoms with Gasteiger partial charge in [-0.25, -0.2) is 4.98 Å². The third-order valence-electron chi connectivity index (χ3n) is 4.78. The van der Waals surface area contributed by atoms with Crippen molar-refractivity contribution in [3.8, 4) is 11.3 Å². The Morgan fingerprint density at radius 1 is 1.00 bits per heavy atom. The van der Waals surface area contributed by atoms with Gasteiger partial charge in [0.2, 0.25) is 0 Å². The minimum atomic E-state index is 0.577. The Kier molecular flexibility index (Phi) is 5.70. The first kappa shape index (κ1) is 18.7. The van der Waals surface area contributed by atoms with E-state index in [9.17, 15) is 0 Å². The minimum Gasteiger partial charge on any atom is -0.361 e. The molecule has 28 heavy (non-hydrogen) atoms. The van der Waals surface area contributed by atoms with Crippen molar-refractivity contribution in [2.45, 2.75) is 19.4 Å². The van der Waals surface area contributed by atoms with Crippen LogP contribution < -0.4 is 0 Å². The highest BCUT2D eigenvalue weighted by Crippen LogP contribution is 2.22. The highest BCUT2D eigenvalue weighted by Gasteiger charge is 2.10. The SMILES string of the molecule is CN(CCCc1cc(-c2ccccc2)no1)Cc1cc2ccccc2nc1Cl. The van der Waals surface area contributed by atoms with Gasteiger partial charge in [0.05, 0.1) is 5.52 Å². The molecule has 4 aromatic rings. The average Bonchev–Trinajstić information content (AvgIpc) is 3.18. The summed E-state index contributed by atoms with van der Waals surface area (Å²) in [6.45, 7) is 1.70. The number of pyridine rings is 1. The van der Waals surface area contributed by atoms with Crippen LogP contribution in [-0.4, -0.2) is 28.6 Å². The number of rotatable bonds is 7. The molecule has 0 spiro atoms. The molecule has 0 N–H and O–H groups in total. The van der Waals surface area contributed by atoms with E-state index in [1.54, 1.807) is 0 Å². The molecule has 0 unspecified atom stereocenters. The lowest BCUT2D eigenvalue weighted by atomic mass is 10.1. The zero-order chi connectivity index (χ0) is 19.3. The van der Waals surface area contributed by atoms with Crippen molar-refractivity contribution >= 4 is 22.5 Å². The van der Waals surface area contributed by atoms with Crippen LogP contribution in [0.3, 0.4) is 0 Å². The molecule has 2 aromatic heterocycles. The molecule has 4 nitrogen and oxygen atoms in total. The van der Waals surface area contributed by atoms with Crippen molar-refractivity contribution in [1.82, 2.24) is 15.0 Å². The Morgan fingerprint density at radius 3 is 2.64 bits per heavy atom. The van der Waals surface area contributed by atoms with Crippen LogP contribution in [0.15, 0.2) is 71.3 Å². The van der Waals surface area contributed by atoms with Gasteiger partial charge in [0.25, 0.3) is 0 Å². The average molecular weight is 392 g/mol. The third kappa shape index (κ3) is 4.41. The predicted octanol–water partition coefficient (Wildman–Crippen LogP) is 5.61. The van der Waals surface area contributed by atoms with Gasteiger partial charge in [0, 0.05) is 35.5 Å². The summed E-state index contributed by atoms with van der Waals surface area (Å²) in [4.78, 5) is 6.76. The van der Waals surface area contributed by atoms with Crippen LogP contribution in [-0.2, 0) is 13.0 Å². The van der Waals surface area contributed by atoms with E-state index in [0.717, 1.165) is 59.4 Å². The molecular weight excluding hydrogens is 370 g/mol. The first-order valence-corrected chi connectivity index (χ1v) is 9.80. The summed E-state index contributed by atoms with van der Waals surface area (Å²) in [6, 6.07) is 22.3. The third-order valence-corrected chi connectivity index (χ3v) is 5.11.